The molecule has 0 saturated carbocycles. The van der Waals surface area contributed by atoms with Gasteiger partial charge in [-0.2, -0.15) is 26.3 Å². The summed E-state index contributed by atoms with van der Waals surface area (Å²) in [4.78, 5) is 1.82. The van der Waals surface area contributed by atoms with E-state index in [9.17, 15) is 26.3 Å². The van der Waals surface area contributed by atoms with Gasteiger partial charge in [-0.3, -0.25) is 4.90 Å². The zero-order valence-corrected chi connectivity index (χ0v) is 19.4. The van der Waals surface area contributed by atoms with Crippen molar-refractivity contribution in [1.29, 1.82) is 0 Å². The van der Waals surface area contributed by atoms with Crippen LogP contribution in [0.3, 0.4) is 0 Å². The monoisotopic (exact) mass is 507 g/mol. The summed E-state index contributed by atoms with van der Waals surface area (Å²) < 4.78 is 85.8. The molecule has 1 saturated heterocycles. The molecule has 3 nitrogen and oxygen atoms in total. The van der Waals surface area contributed by atoms with E-state index in [2.05, 4.69) is 5.32 Å². The van der Waals surface area contributed by atoms with E-state index in [-0.39, 0.29) is 12.2 Å². The van der Waals surface area contributed by atoms with Gasteiger partial charge in [0.05, 0.1) is 0 Å². The molecule has 4 rings (SSSR count). The van der Waals surface area contributed by atoms with Crippen LogP contribution in [-0.4, -0.2) is 49.0 Å². The summed E-state index contributed by atoms with van der Waals surface area (Å²) in [7, 11) is 0. The molecule has 1 heterocycles. The number of halogens is 6. The Labute approximate surface area is 206 Å². The summed E-state index contributed by atoms with van der Waals surface area (Å²) in [6.07, 6.45) is -9.73. The van der Waals surface area contributed by atoms with Crippen LogP contribution >= 0.6 is 0 Å². The Morgan fingerprint density at radius 2 is 1.17 bits per heavy atom. The Bertz CT molecular complexity index is 1050. The van der Waals surface area contributed by atoms with E-state index in [4.69, 9.17) is 0 Å². The standard InChI is InChI=1S/C27H27F6N3/c28-26(29,30)24-18-35(19-25(27(31,32)33)36(24)22-14-8-3-9-15-22)23(21-12-6-2-7-13-21)17-34-16-20-10-4-1-5-11-20/h1-15,23-25,34H,16-19H2. The van der Waals surface area contributed by atoms with Gasteiger partial charge in [-0.05, 0) is 23.3 Å². The highest BCUT2D eigenvalue weighted by atomic mass is 19.4. The van der Waals surface area contributed by atoms with Crippen LogP contribution in [-0.2, 0) is 6.54 Å². The molecule has 9 heteroatoms. The van der Waals surface area contributed by atoms with Crippen molar-refractivity contribution in [2.24, 2.45) is 0 Å². The lowest BCUT2D eigenvalue weighted by Gasteiger charge is -2.50. The highest BCUT2D eigenvalue weighted by molar-refractivity contribution is 5.50. The second kappa shape index (κ2) is 10.9. The minimum Gasteiger partial charge on any atom is -0.346 e. The Morgan fingerprint density at radius 1 is 0.694 bits per heavy atom. The second-order valence-corrected chi connectivity index (χ2v) is 8.85. The minimum absolute atomic E-state index is 0.0970. The maximum absolute atomic E-state index is 14.3. The summed E-state index contributed by atoms with van der Waals surface area (Å²) >= 11 is 0. The molecule has 1 N–H and O–H groups in total. The van der Waals surface area contributed by atoms with Crippen molar-refractivity contribution in [2.75, 3.05) is 24.5 Å². The number of nitrogens with one attached hydrogen (secondary N) is 1. The van der Waals surface area contributed by atoms with E-state index >= 15 is 0 Å². The van der Waals surface area contributed by atoms with Gasteiger partial charge in [-0.15, -0.1) is 0 Å². The number of hydrogen-bond acceptors (Lipinski definition) is 3. The lowest BCUT2D eigenvalue weighted by Crippen LogP contribution is -2.68. The summed E-state index contributed by atoms with van der Waals surface area (Å²) in [6, 6.07) is 19.9. The molecule has 1 aliphatic rings. The Kier molecular flexibility index (Phi) is 7.90. The molecular formula is C27H27F6N3. The average Bonchev–Trinajstić information content (AvgIpc) is 2.86. The fourth-order valence-electron chi connectivity index (χ4n) is 4.73. The molecule has 0 spiro atoms. The number of anilines is 1. The Balaban J connectivity index is 1.67. The summed E-state index contributed by atoms with van der Waals surface area (Å²) in [5.74, 6) is 0. The molecule has 3 aromatic rings. The van der Waals surface area contributed by atoms with Gasteiger partial charge in [-0.1, -0.05) is 78.9 Å². The molecule has 0 aliphatic carbocycles. The van der Waals surface area contributed by atoms with Gasteiger partial charge in [0.1, 0.15) is 12.1 Å². The first-order valence-electron chi connectivity index (χ1n) is 11.6. The van der Waals surface area contributed by atoms with E-state index in [1.54, 1.807) is 36.4 Å². The normalized spacial score (nSPS) is 20.3. The Morgan fingerprint density at radius 3 is 1.67 bits per heavy atom. The Hall–Kier alpha value is -3.04. The quantitative estimate of drug-likeness (QED) is 0.384. The number of rotatable bonds is 7. The van der Waals surface area contributed by atoms with E-state index in [1.807, 2.05) is 30.3 Å². The summed E-state index contributed by atoms with van der Waals surface area (Å²) in [6.45, 7) is -0.534. The maximum Gasteiger partial charge on any atom is 0.410 e. The molecule has 3 atom stereocenters. The van der Waals surface area contributed by atoms with Crippen LogP contribution in [0.4, 0.5) is 32.0 Å². The topological polar surface area (TPSA) is 18.5 Å². The van der Waals surface area contributed by atoms with Gasteiger partial charge in [0, 0.05) is 37.9 Å². The zero-order valence-electron chi connectivity index (χ0n) is 19.4. The third kappa shape index (κ3) is 6.20. The van der Waals surface area contributed by atoms with Crippen molar-refractivity contribution >= 4 is 5.69 Å². The zero-order chi connectivity index (χ0) is 25.8. The molecule has 0 radical (unpaired) electrons. The van der Waals surface area contributed by atoms with Crippen LogP contribution in [0.5, 0.6) is 0 Å². The molecule has 0 aromatic heterocycles. The van der Waals surface area contributed by atoms with Gasteiger partial charge in [0.25, 0.3) is 0 Å². The molecule has 36 heavy (non-hydrogen) atoms. The fraction of sp³-hybridized carbons (Fsp3) is 0.333. The molecule has 192 valence electrons. The number of piperazine rings is 1. The first kappa shape index (κ1) is 26.0. The van der Waals surface area contributed by atoms with Crippen molar-refractivity contribution < 1.29 is 26.3 Å². The summed E-state index contributed by atoms with van der Waals surface area (Å²) in [5.41, 5.74) is 1.54. The lowest BCUT2D eigenvalue weighted by atomic mass is 9.97. The van der Waals surface area contributed by atoms with Crippen molar-refractivity contribution in [3.8, 4) is 0 Å². The number of hydrogen-bond donors (Lipinski definition) is 1. The SMILES string of the molecule is FC(F)(F)C1CN(C(CNCc2ccccc2)c2ccccc2)CC(C(F)(F)F)N1c1ccccc1. The smallest absolute Gasteiger partial charge is 0.346 e. The lowest BCUT2D eigenvalue weighted by molar-refractivity contribution is -0.193. The molecule has 1 fully saturated rings. The third-order valence-corrected chi connectivity index (χ3v) is 6.43. The van der Waals surface area contributed by atoms with Crippen LogP contribution in [0.15, 0.2) is 91.0 Å². The van der Waals surface area contributed by atoms with E-state index in [0.717, 1.165) is 5.56 Å². The van der Waals surface area contributed by atoms with Crippen molar-refractivity contribution in [2.45, 2.75) is 37.0 Å². The van der Waals surface area contributed by atoms with Gasteiger partial charge >= 0.3 is 12.4 Å². The first-order chi connectivity index (χ1) is 17.1. The molecule has 3 aromatic carbocycles. The summed E-state index contributed by atoms with van der Waals surface area (Å²) in [5, 5.41) is 3.23. The number of para-hydroxylation sites is 1. The molecule has 0 bridgehead atoms. The maximum atomic E-state index is 14.3. The van der Waals surface area contributed by atoms with Crippen molar-refractivity contribution in [1.82, 2.24) is 10.2 Å². The molecule has 1 aliphatic heterocycles. The first-order valence-corrected chi connectivity index (χ1v) is 11.6. The molecule has 3 unspecified atom stereocenters. The van der Waals surface area contributed by atoms with Crippen LogP contribution in [0.2, 0.25) is 0 Å². The number of nitrogens with zero attached hydrogens (tertiary/aromatic N) is 2. The number of benzene rings is 3. The van der Waals surface area contributed by atoms with Crippen LogP contribution in [0.25, 0.3) is 0 Å². The van der Waals surface area contributed by atoms with E-state index < -0.39 is 43.6 Å². The van der Waals surface area contributed by atoms with Crippen LogP contribution in [0.1, 0.15) is 17.2 Å². The predicted molar refractivity (Wildman–Crippen MR) is 128 cm³/mol. The van der Waals surface area contributed by atoms with Gasteiger partial charge in [0.15, 0.2) is 0 Å². The van der Waals surface area contributed by atoms with Crippen molar-refractivity contribution in [3.05, 3.63) is 102 Å². The minimum atomic E-state index is -4.86. The highest BCUT2D eigenvalue weighted by Crippen LogP contribution is 2.41. The van der Waals surface area contributed by atoms with Gasteiger partial charge in [-0.25, -0.2) is 0 Å². The van der Waals surface area contributed by atoms with E-state index in [1.165, 1.54) is 29.2 Å². The predicted octanol–water partition coefficient (Wildman–Crippen LogP) is 6.20. The van der Waals surface area contributed by atoms with Crippen molar-refractivity contribution in [3.63, 3.8) is 0 Å². The van der Waals surface area contributed by atoms with Crippen LogP contribution < -0.4 is 10.2 Å². The highest BCUT2D eigenvalue weighted by Gasteiger charge is 2.57. The van der Waals surface area contributed by atoms with Gasteiger partial charge < -0.3 is 10.2 Å². The average molecular weight is 508 g/mol. The fourth-order valence-corrected chi connectivity index (χ4v) is 4.73. The largest absolute Gasteiger partial charge is 0.410 e. The second-order valence-electron chi connectivity index (χ2n) is 8.85. The molecular weight excluding hydrogens is 480 g/mol. The van der Waals surface area contributed by atoms with Crippen LogP contribution in [0, 0.1) is 0 Å². The van der Waals surface area contributed by atoms with E-state index in [0.29, 0.717) is 17.0 Å². The molecule has 0 amide bonds. The number of alkyl halides is 6. The van der Waals surface area contributed by atoms with Gasteiger partial charge in [0.2, 0.25) is 0 Å². The third-order valence-electron chi connectivity index (χ3n) is 6.43.